The molecular formula is C15H20N4O2. The summed E-state index contributed by atoms with van der Waals surface area (Å²) in [5, 5.41) is 6.04. The van der Waals surface area contributed by atoms with E-state index in [0.29, 0.717) is 6.61 Å². The van der Waals surface area contributed by atoms with Crippen LogP contribution in [0.3, 0.4) is 0 Å². The Morgan fingerprint density at radius 1 is 1.38 bits per heavy atom. The quantitative estimate of drug-likeness (QED) is 0.855. The minimum absolute atomic E-state index is 0.0823. The van der Waals surface area contributed by atoms with Crippen molar-refractivity contribution in [3.05, 3.63) is 36.7 Å². The number of anilines is 2. The number of nitrogens with one attached hydrogen (secondary N) is 2. The molecule has 1 aromatic heterocycles. The van der Waals surface area contributed by atoms with Crippen LogP contribution in [0.25, 0.3) is 5.69 Å². The third kappa shape index (κ3) is 4.06. The Kier molecular flexibility index (Phi) is 4.94. The highest BCUT2D eigenvalue weighted by Crippen LogP contribution is 2.17. The summed E-state index contributed by atoms with van der Waals surface area (Å²) in [4.78, 5) is 15.3. The summed E-state index contributed by atoms with van der Waals surface area (Å²) in [5.74, 6) is 0.674. The molecule has 6 nitrogen and oxygen atoms in total. The molecule has 0 radical (unpaired) electrons. The van der Waals surface area contributed by atoms with Crippen LogP contribution in [0.1, 0.15) is 13.8 Å². The highest BCUT2D eigenvalue weighted by Gasteiger charge is 2.08. The molecule has 2 N–H and O–H groups in total. The van der Waals surface area contributed by atoms with E-state index in [1.54, 1.807) is 13.3 Å². The molecule has 112 valence electrons. The summed E-state index contributed by atoms with van der Waals surface area (Å²) in [6, 6.07) is 7.74. The van der Waals surface area contributed by atoms with Gasteiger partial charge in [0.25, 0.3) is 0 Å². The summed E-state index contributed by atoms with van der Waals surface area (Å²) >= 11 is 0. The predicted octanol–water partition coefficient (Wildman–Crippen LogP) is 2.28. The van der Waals surface area contributed by atoms with Gasteiger partial charge < -0.3 is 15.4 Å². The van der Waals surface area contributed by atoms with Crippen LogP contribution in [0.15, 0.2) is 36.7 Å². The van der Waals surface area contributed by atoms with Gasteiger partial charge in [-0.3, -0.25) is 9.36 Å². The highest BCUT2D eigenvalue weighted by molar-refractivity contribution is 5.88. The minimum Gasteiger partial charge on any atom is -0.383 e. The van der Waals surface area contributed by atoms with Crippen molar-refractivity contribution in [1.29, 1.82) is 0 Å². The highest BCUT2D eigenvalue weighted by atomic mass is 16.5. The van der Waals surface area contributed by atoms with Gasteiger partial charge in [0, 0.05) is 43.8 Å². The lowest BCUT2D eigenvalue weighted by Crippen LogP contribution is -2.22. The first-order chi connectivity index (χ1) is 10.1. The van der Waals surface area contributed by atoms with Gasteiger partial charge in [-0.25, -0.2) is 4.98 Å². The summed E-state index contributed by atoms with van der Waals surface area (Å²) in [5.41, 5.74) is 1.74. The number of amides is 1. The predicted molar refractivity (Wildman–Crippen MR) is 82.8 cm³/mol. The van der Waals surface area contributed by atoms with Crippen molar-refractivity contribution in [2.45, 2.75) is 19.9 Å². The molecule has 0 saturated heterocycles. The first-order valence-corrected chi connectivity index (χ1v) is 6.77. The van der Waals surface area contributed by atoms with Crippen LogP contribution in [0, 0.1) is 0 Å². The Labute approximate surface area is 124 Å². The molecule has 21 heavy (non-hydrogen) atoms. The van der Waals surface area contributed by atoms with Crippen LogP contribution in [0.2, 0.25) is 0 Å². The number of nitrogens with zero attached hydrogens (tertiary/aromatic N) is 2. The number of imidazole rings is 1. The Bertz CT molecular complexity index is 592. The number of carbonyl (C=O) groups excluding carboxylic acids is 1. The van der Waals surface area contributed by atoms with E-state index in [4.69, 9.17) is 4.74 Å². The topological polar surface area (TPSA) is 68.2 Å². The molecule has 0 bridgehead atoms. The van der Waals surface area contributed by atoms with Crippen molar-refractivity contribution in [2.75, 3.05) is 24.4 Å². The molecule has 0 saturated carbocycles. The average Bonchev–Trinajstić information content (AvgIpc) is 2.87. The average molecular weight is 288 g/mol. The van der Waals surface area contributed by atoms with E-state index in [-0.39, 0.29) is 11.9 Å². The molecule has 0 fully saturated rings. The van der Waals surface area contributed by atoms with E-state index in [1.165, 1.54) is 6.92 Å². The Hall–Kier alpha value is -2.34. The number of carbonyl (C=O) groups is 1. The second kappa shape index (κ2) is 6.90. The fourth-order valence-corrected chi connectivity index (χ4v) is 2.04. The van der Waals surface area contributed by atoms with E-state index in [2.05, 4.69) is 15.6 Å². The van der Waals surface area contributed by atoms with E-state index >= 15 is 0 Å². The molecule has 2 rings (SSSR count). The molecule has 0 aliphatic carbocycles. The van der Waals surface area contributed by atoms with Crippen LogP contribution in [-0.2, 0) is 9.53 Å². The Morgan fingerprint density at radius 3 is 2.71 bits per heavy atom. The molecule has 1 unspecified atom stereocenters. The zero-order chi connectivity index (χ0) is 15.2. The summed E-state index contributed by atoms with van der Waals surface area (Å²) in [6.45, 7) is 4.12. The molecule has 6 heteroatoms. The van der Waals surface area contributed by atoms with Gasteiger partial charge in [0.2, 0.25) is 11.9 Å². The van der Waals surface area contributed by atoms with Gasteiger partial charge in [-0.1, -0.05) is 0 Å². The van der Waals surface area contributed by atoms with Crippen LogP contribution >= 0.6 is 0 Å². The Morgan fingerprint density at radius 2 is 2.10 bits per heavy atom. The van der Waals surface area contributed by atoms with Crippen molar-refractivity contribution in [1.82, 2.24) is 9.55 Å². The zero-order valence-corrected chi connectivity index (χ0v) is 12.5. The van der Waals surface area contributed by atoms with E-state index in [9.17, 15) is 4.79 Å². The lowest BCUT2D eigenvalue weighted by Gasteiger charge is -2.15. The second-order valence-corrected chi connectivity index (χ2v) is 4.85. The van der Waals surface area contributed by atoms with E-state index < -0.39 is 0 Å². The third-order valence-electron chi connectivity index (χ3n) is 2.90. The standard InChI is InChI=1S/C15H20N4O2/c1-11(10-21-3)17-15-16-8-9-19(15)14-6-4-13(5-7-14)18-12(2)20/h4-9,11H,10H2,1-3H3,(H,16,17)(H,18,20). The zero-order valence-electron chi connectivity index (χ0n) is 12.5. The molecule has 1 amide bonds. The Balaban J connectivity index is 2.15. The maximum atomic E-state index is 11.0. The largest absolute Gasteiger partial charge is 0.383 e. The maximum absolute atomic E-state index is 11.0. The monoisotopic (exact) mass is 288 g/mol. The van der Waals surface area contributed by atoms with Gasteiger partial charge in [-0.15, -0.1) is 0 Å². The number of benzene rings is 1. The molecule has 0 aliphatic rings. The summed E-state index contributed by atoms with van der Waals surface area (Å²) in [7, 11) is 1.67. The smallest absolute Gasteiger partial charge is 0.221 e. The second-order valence-electron chi connectivity index (χ2n) is 4.85. The molecule has 0 spiro atoms. The maximum Gasteiger partial charge on any atom is 0.221 e. The molecular weight excluding hydrogens is 268 g/mol. The van der Waals surface area contributed by atoms with Crippen LogP contribution in [-0.4, -0.2) is 35.2 Å². The van der Waals surface area contributed by atoms with Gasteiger partial charge in [0.1, 0.15) is 0 Å². The fourth-order valence-electron chi connectivity index (χ4n) is 2.04. The molecule has 2 aromatic rings. The van der Waals surface area contributed by atoms with Crippen molar-refractivity contribution in [2.24, 2.45) is 0 Å². The first-order valence-electron chi connectivity index (χ1n) is 6.77. The third-order valence-corrected chi connectivity index (χ3v) is 2.90. The molecule has 1 atom stereocenters. The van der Waals surface area contributed by atoms with Gasteiger partial charge in [0.15, 0.2) is 0 Å². The summed E-state index contributed by atoms with van der Waals surface area (Å²) in [6.07, 6.45) is 3.62. The minimum atomic E-state index is -0.0823. The summed E-state index contributed by atoms with van der Waals surface area (Å²) < 4.78 is 7.06. The molecule has 1 aromatic carbocycles. The van der Waals surface area contributed by atoms with Crippen molar-refractivity contribution in [3.8, 4) is 5.69 Å². The lowest BCUT2D eigenvalue weighted by atomic mass is 10.2. The van der Waals surface area contributed by atoms with Gasteiger partial charge in [-0.2, -0.15) is 0 Å². The number of ether oxygens (including phenoxy) is 1. The molecule has 0 aliphatic heterocycles. The van der Waals surface area contributed by atoms with Gasteiger partial charge in [0.05, 0.1) is 6.61 Å². The first kappa shape index (κ1) is 15.1. The van der Waals surface area contributed by atoms with E-state index in [1.807, 2.05) is 42.0 Å². The SMILES string of the molecule is COCC(C)Nc1nccn1-c1ccc(NC(C)=O)cc1. The lowest BCUT2D eigenvalue weighted by molar-refractivity contribution is -0.114. The van der Waals surface area contributed by atoms with Crippen molar-refractivity contribution < 1.29 is 9.53 Å². The van der Waals surface area contributed by atoms with Gasteiger partial charge in [-0.05, 0) is 31.2 Å². The normalized spacial score (nSPS) is 12.0. The number of rotatable bonds is 6. The van der Waals surface area contributed by atoms with Crippen LogP contribution in [0.5, 0.6) is 0 Å². The van der Waals surface area contributed by atoms with Crippen molar-refractivity contribution >= 4 is 17.5 Å². The van der Waals surface area contributed by atoms with Crippen LogP contribution < -0.4 is 10.6 Å². The fraction of sp³-hybridized carbons (Fsp3) is 0.333. The number of hydrogen-bond donors (Lipinski definition) is 2. The van der Waals surface area contributed by atoms with Gasteiger partial charge >= 0.3 is 0 Å². The van der Waals surface area contributed by atoms with Crippen molar-refractivity contribution in [3.63, 3.8) is 0 Å². The van der Waals surface area contributed by atoms with Crippen LogP contribution in [0.4, 0.5) is 11.6 Å². The number of hydrogen-bond acceptors (Lipinski definition) is 4. The van der Waals surface area contributed by atoms with E-state index in [0.717, 1.165) is 17.3 Å². The number of methoxy groups -OCH3 is 1. The molecule has 1 heterocycles. The number of aromatic nitrogens is 2.